The predicted molar refractivity (Wildman–Crippen MR) is 71.6 cm³/mol. The summed E-state index contributed by atoms with van der Waals surface area (Å²) in [5, 5.41) is 0. The van der Waals surface area contributed by atoms with E-state index in [1.807, 2.05) is 30.3 Å². The van der Waals surface area contributed by atoms with Crippen LogP contribution in [0, 0.1) is 0 Å². The molecule has 0 amide bonds. The molecule has 4 heteroatoms. The highest BCUT2D eigenvalue weighted by molar-refractivity contribution is 5.62. The second kappa shape index (κ2) is 4.56. The zero-order valence-electron chi connectivity index (χ0n) is 10.0. The van der Waals surface area contributed by atoms with Gasteiger partial charge in [-0.15, -0.1) is 0 Å². The molecular weight excluding hydrogens is 226 g/mol. The van der Waals surface area contributed by atoms with Crippen molar-refractivity contribution in [3.05, 3.63) is 48.2 Å². The van der Waals surface area contributed by atoms with E-state index < -0.39 is 0 Å². The van der Waals surface area contributed by atoms with Crippen LogP contribution in [0.1, 0.15) is 5.56 Å². The quantitative estimate of drug-likeness (QED) is 0.830. The van der Waals surface area contributed by atoms with Crippen molar-refractivity contribution in [3.8, 4) is 5.75 Å². The van der Waals surface area contributed by atoms with Crippen molar-refractivity contribution < 1.29 is 4.74 Å². The Bertz CT molecular complexity index is 556. The van der Waals surface area contributed by atoms with Gasteiger partial charge >= 0.3 is 0 Å². The van der Waals surface area contributed by atoms with Crippen LogP contribution < -0.4 is 15.4 Å². The standard InChI is InChI=1S/C14H15N3O/c15-12-5-3-7-16-14(12)17-8-9-18-13-6-2-1-4-11(13)10-17/h1-7H,8-10,15H2. The molecule has 1 aromatic heterocycles. The lowest BCUT2D eigenvalue weighted by atomic mass is 10.2. The number of hydrogen-bond acceptors (Lipinski definition) is 4. The van der Waals surface area contributed by atoms with Gasteiger partial charge in [-0.3, -0.25) is 0 Å². The minimum Gasteiger partial charge on any atom is -0.491 e. The van der Waals surface area contributed by atoms with Gasteiger partial charge in [0.05, 0.1) is 12.2 Å². The molecule has 0 saturated carbocycles. The first-order chi connectivity index (χ1) is 8.84. The van der Waals surface area contributed by atoms with Crippen molar-refractivity contribution in [1.29, 1.82) is 0 Å². The zero-order chi connectivity index (χ0) is 12.4. The number of pyridine rings is 1. The van der Waals surface area contributed by atoms with E-state index in [4.69, 9.17) is 10.5 Å². The fourth-order valence-electron chi connectivity index (χ4n) is 2.18. The average Bonchev–Trinajstić information content (AvgIpc) is 2.61. The van der Waals surface area contributed by atoms with Crippen LogP contribution in [-0.4, -0.2) is 18.1 Å². The van der Waals surface area contributed by atoms with E-state index in [-0.39, 0.29) is 0 Å². The topological polar surface area (TPSA) is 51.4 Å². The van der Waals surface area contributed by atoms with Crippen LogP contribution in [-0.2, 0) is 6.54 Å². The van der Waals surface area contributed by atoms with Crippen LogP contribution in [0.2, 0.25) is 0 Å². The van der Waals surface area contributed by atoms with Gasteiger partial charge in [-0.25, -0.2) is 4.98 Å². The number of ether oxygens (including phenoxy) is 1. The monoisotopic (exact) mass is 241 g/mol. The molecule has 0 unspecified atom stereocenters. The maximum Gasteiger partial charge on any atom is 0.152 e. The molecule has 0 radical (unpaired) electrons. The van der Waals surface area contributed by atoms with Crippen LogP contribution >= 0.6 is 0 Å². The number of para-hydroxylation sites is 1. The molecule has 0 bridgehead atoms. The van der Waals surface area contributed by atoms with E-state index >= 15 is 0 Å². The molecule has 4 nitrogen and oxygen atoms in total. The minimum absolute atomic E-state index is 0.646. The third-order valence-electron chi connectivity index (χ3n) is 3.07. The van der Waals surface area contributed by atoms with Crippen LogP contribution in [0.5, 0.6) is 5.75 Å². The third-order valence-corrected chi connectivity index (χ3v) is 3.07. The van der Waals surface area contributed by atoms with Crippen molar-refractivity contribution in [2.75, 3.05) is 23.8 Å². The molecule has 0 aliphatic carbocycles. The Labute approximate surface area is 106 Å². The Morgan fingerprint density at radius 3 is 2.94 bits per heavy atom. The van der Waals surface area contributed by atoms with Gasteiger partial charge in [-0.2, -0.15) is 0 Å². The molecule has 2 heterocycles. The molecule has 1 aliphatic heterocycles. The molecule has 18 heavy (non-hydrogen) atoms. The van der Waals surface area contributed by atoms with Crippen molar-refractivity contribution in [1.82, 2.24) is 4.98 Å². The highest BCUT2D eigenvalue weighted by Gasteiger charge is 2.17. The Morgan fingerprint density at radius 1 is 1.17 bits per heavy atom. The summed E-state index contributed by atoms with van der Waals surface area (Å²) in [7, 11) is 0. The van der Waals surface area contributed by atoms with E-state index in [2.05, 4.69) is 16.0 Å². The van der Waals surface area contributed by atoms with Crippen molar-refractivity contribution in [3.63, 3.8) is 0 Å². The van der Waals surface area contributed by atoms with Crippen LogP contribution in [0.4, 0.5) is 11.5 Å². The lowest BCUT2D eigenvalue weighted by Gasteiger charge is -2.22. The number of hydrogen-bond donors (Lipinski definition) is 1. The normalized spacial score (nSPS) is 14.6. The lowest BCUT2D eigenvalue weighted by molar-refractivity contribution is 0.331. The van der Waals surface area contributed by atoms with E-state index in [1.54, 1.807) is 6.20 Å². The van der Waals surface area contributed by atoms with E-state index in [9.17, 15) is 0 Å². The Balaban J connectivity index is 1.94. The first-order valence-electron chi connectivity index (χ1n) is 6.01. The number of aromatic nitrogens is 1. The van der Waals surface area contributed by atoms with Gasteiger partial charge in [-0.05, 0) is 18.2 Å². The Kier molecular flexibility index (Phi) is 2.76. The van der Waals surface area contributed by atoms with Crippen LogP contribution in [0.3, 0.4) is 0 Å². The van der Waals surface area contributed by atoms with Crippen LogP contribution in [0.25, 0.3) is 0 Å². The summed E-state index contributed by atoms with van der Waals surface area (Å²) in [6.07, 6.45) is 1.77. The third kappa shape index (κ3) is 1.97. The molecule has 3 rings (SSSR count). The van der Waals surface area contributed by atoms with Gasteiger partial charge in [0.1, 0.15) is 12.4 Å². The van der Waals surface area contributed by atoms with Gasteiger partial charge in [-0.1, -0.05) is 18.2 Å². The van der Waals surface area contributed by atoms with Crippen molar-refractivity contribution >= 4 is 11.5 Å². The molecule has 1 aliphatic rings. The average molecular weight is 241 g/mol. The van der Waals surface area contributed by atoms with E-state index in [0.29, 0.717) is 12.3 Å². The largest absolute Gasteiger partial charge is 0.491 e. The maximum absolute atomic E-state index is 5.98. The molecule has 1 aromatic carbocycles. The number of rotatable bonds is 1. The van der Waals surface area contributed by atoms with Crippen molar-refractivity contribution in [2.24, 2.45) is 0 Å². The number of nitrogens with two attached hydrogens (primary N) is 1. The molecular formula is C14H15N3O. The van der Waals surface area contributed by atoms with Gasteiger partial charge in [0, 0.05) is 18.3 Å². The summed E-state index contributed by atoms with van der Waals surface area (Å²) in [5.74, 6) is 1.78. The first kappa shape index (κ1) is 10.9. The predicted octanol–water partition coefficient (Wildman–Crippen LogP) is 2.06. The summed E-state index contributed by atoms with van der Waals surface area (Å²) in [4.78, 5) is 6.52. The second-order valence-corrected chi connectivity index (χ2v) is 4.29. The Morgan fingerprint density at radius 2 is 2.06 bits per heavy atom. The molecule has 0 saturated heterocycles. The molecule has 92 valence electrons. The Hall–Kier alpha value is -2.23. The summed E-state index contributed by atoms with van der Waals surface area (Å²) in [5.41, 5.74) is 7.85. The van der Waals surface area contributed by atoms with E-state index in [0.717, 1.165) is 24.7 Å². The minimum atomic E-state index is 0.646. The highest BCUT2D eigenvalue weighted by atomic mass is 16.5. The molecule has 2 N–H and O–H groups in total. The number of anilines is 2. The van der Waals surface area contributed by atoms with Crippen molar-refractivity contribution in [2.45, 2.75) is 6.54 Å². The number of nitrogens with zero attached hydrogens (tertiary/aromatic N) is 2. The van der Waals surface area contributed by atoms with Gasteiger partial charge in [0.25, 0.3) is 0 Å². The summed E-state index contributed by atoms with van der Waals surface area (Å²) >= 11 is 0. The number of benzene rings is 1. The molecule has 2 aromatic rings. The van der Waals surface area contributed by atoms with Gasteiger partial charge < -0.3 is 15.4 Å². The number of nitrogen functional groups attached to an aromatic ring is 1. The summed E-state index contributed by atoms with van der Waals surface area (Å²) in [6, 6.07) is 11.8. The maximum atomic E-state index is 5.98. The van der Waals surface area contributed by atoms with E-state index in [1.165, 1.54) is 5.56 Å². The smallest absolute Gasteiger partial charge is 0.152 e. The molecule has 0 atom stereocenters. The SMILES string of the molecule is Nc1cccnc1N1CCOc2ccccc2C1. The summed E-state index contributed by atoms with van der Waals surface area (Å²) < 4.78 is 5.73. The second-order valence-electron chi connectivity index (χ2n) is 4.29. The van der Waals surface area contributed by atoms with Gasteiger partial charge in [0.15, 0.2) is 5.82 Å². The zero-order valence-corrected chi connectivity index (χ0v) is 10.0. The fourth-order valence-corrected chi connectivity index (χ4v) is 2.18. The molecule has 0 spiro atoms. The number of fused-ring (bicyclic) bond motifs is 1. The highest BCUT2D eigenvalue weighted by Crippen LogP contribution is 2.27. The summed E-state index contributed by atoms with van der Waals surface area (Å²) in [6.45, 7) is 2.21. The fraction of sp³-hybridized carbons (Fsp3) is 0.214. The lowest BCUT2D eigenvalue weighted by Crippen LogP contribution is -2.26. The van der Waals surface area contributed by atoms with Gasteiger partial charge in [0.2, 0.25) is 0 Å². The molecule has 0 fully saturated rings. The van der Waals surface area contributed by atoms with Crippen LogP contribution in [0.15, 0.2) is 42.6 Å². The first-order valence-corrected chi connectivity index (χ1v) is 6.01.